The summed E-state index contributed by atoms with van der Waals surface area (Å²) in [4.78, 5) is 14.4. The summed E-state index contributed by atoms with van der Waals surface area (Å²) < 4.78 is 10.4. The normalized spacial score (nSPS) is 25.7. The third-order valence-corrected chi connectivity index (χ3v) is 4.35. The lowest BCUT2D eigenvalue weighted by atomic mass is 9.71. The van der Waals surface area contributed by atoms with Crippen molar-refractivity contribution in [2.24, 2.45) is 11.3 Å². The molecule has 1 amide bonds. The van der Waals surface area contributed by atoms with Gasteiger partial charge in [-0.25, -0.2) is 0 Å². The summed E-state index contributed by atoms with van der Waals surface area (Å²) in [5, 5.41) is 3.38. The molecule has 19 heavy (non-hydrogen) atoms. The lowest BCUT2D eigenvalue weighted by molar-refractivity contribution is -0.133. The van der Waals surface area contributed by atoms with Crippen molar-refractivity contribution in [2.45, 2.75) is 12.8 Å². The molecule has 0 bridgehead atoms. The fourth-order valence-electron chi connectivity index (χ4n) is 3.29. The van der Waals surface area contributed by atoms with Crippen molar-refractivity contribution in [1.29, 1.82) is 0 Å². The summed E-state index contributed by atoms with van der Waals surface area (Å²) >= 11 is 0. The molecule has 2 aliphatic rings. The van der Waals surface area contributed by atoms with Crippen molar-refractivity contribution in [1.82, 2.24) is 10.2 Å². The molecule has 6 heteroatoms. The van der Waals surface area contributed by atoms with Crippen LogP contribution in [0.2, 0.25) is 0 Å². The number of halogens is 1. The molecule has 1 spiro atoms. The summed E-state index contributed by atoms with van der Waals surface area (Å²) in [6.07, 6.45) is 2.13. The van der Waals surface area contributed by atoms with Gasteiger partial charge in [0.1, 0.15) is 0 Å². The molecule has 0 saturated carbocycles. The largest absolute Gasteiger partial charge is 0.384 e. The summed E-state index contributed by atoms with van der Waals surface area (Å²) in [6, 6.07) is 0. The number of nitrogens with one attached hydrogen (secondary N) is 1. The molecule has 1 unspecified atom stereocenters. The number of hydrogen-bond donors (Lipinski definition) is 1. The highest BCUT2D eigenvalue weighted by Gasteiger charge is 2.51. The average molecular weight is 293 g/mol. The number of methoxy groups -OCH3 is 2. The van der Waals surface area contributed by atoms with Crippen LogP contribution in [0, 0.1) is 11.3 Å². The van der Waals surface area contributed by atoms with Gasteiger partial charge in [-0.2, -0.15) is 0 Å². The SMILES string of the molecule is COCCN1CC2(CCNCC2)C(COC)C1=O.Cl. The molecule has 2 fully saturated rings. The number of likely N-dealkylation sites (tertiary alicyclic amines) is 1. The summed E-state index contributed by atoms with van der Waals surface area (Å²) in [7, 11) is 3.35. The monoisotopic (exact) mass is 292 g/mol. The molecule has 0 aromatic rings. The number of carbonyl (C=O) groups excluding carboxylic acids is 1. The van der Waals surface area contributed by atoms with E-state index in [1.165, 1.54) is 0 Å². The summed E-state index contributed by atoms with van der Waals surface area (Å²) in [5.74, 6) is 0.275. The second kappa shape index (κ2) is 7.43. The van der Waals surface area contributed by atoms with Crippen molar-refractivity contribution in [2.75, 3.05) is 53.6 Å². The molecule has 1 atom stereocenters. The molecule has 2 saturated heterocycles. The molecule has 0 aliphatic carbocycles. The van der Waals surface area contributed by atoms with E-state index in [1.54, 1.807) is 14.2 Å². The number of piperidine rings is 1. The Morgan fingerprint density at radius 1 is 1.32 bits per heavy atom. The van der Waals surface area contributed by atoms with Crippen molar-refractivity contribution in [3.05, 3.63) is 0 Å². The maximum Gasteiger partial charge on any atom is 0.228 e. The van der Waals surface area contributed by atoms with Crippen LogP contribution < -0.4 is 5.32 Å². The van der Waals surface area contributed by atoms with Gasteiger partial charge in [0.2, 0.25) is 5.91 Å². The van der Waals surface area contributed by atoms with Crippen LogP contribution in [0.4, 0.5) is 0 Å². The van der Waals surface area contributed by atoms with Gasteiger partial charge in [-0.15, -0.1) is 12.4 Å². The van der Waals surface area contributed by atoms with Crippen LogP contribution in [-0.2, 0) is 14.3 Å². The number of hydrogen-bond acceptors (Lipinski definition) is 4. The van der Waals surface area contributed by atoms with Crippen molar-refractivity contribution in [3.8, 4) is 0 Å². The van der Waals surface area contributed by atoms with E-state index in [1.807, 2.05) is 4.90 Å². The number of amides is 1. The molecule has 0 aromatic heterocycles. The molecule has 1 N–H and O–H groups in total. The first-order valence-corrected chi connectivity index (χ1v) is 6.71. The van der Waals surface area contributed by atoms with Gasteiger partial charge in [0, 0.05) is 32.7 Å². The third-order valence-electron chi connectivity index (χ3n) is 4.35. The van der Waals surface area contributed by atoms with Crippen LogP contribution in [0.1, 0.15) is 12.8 Å². The highest BCUT2D eigenvalue weighted by atomic mass is 35.5. The van der Waals surface area contributed by atoms with Gasteiger partial charge in [0.25, 0.3) is 0 Å². The predicted molar refractivity (Wildman–Crippen MR) is 75.6 cm³/mol. The smallest absolute Gasteiger partial charge is 0.228 e. The highest BCUT2D eigenvalue weighted by molar-refractivity contribution is 5.85. The van der Waals surface area contributed by atoms with Gasteiger partial charge < -0.3 is 19.7 Å². The van der Waals surface area contributed by atoms with Crippen LogP contribution in [0.5, 0.6) is 0 Å². The first kappa shape index (κ1) is 16.7. The van der Waals surface area contributed by atoms with Crippen molar-refractivity contribution >= 4 is 18.3 Å². The molecule has 2 aliphatic heterocycles. The van der Waals surface area contributed by atoms with Crippen molar-refractivity contribution in [3.63, 3.8) is 0 Å². The highest BCUT2D eigenvalue weighted by Crippen LogP contribution is 2.44. The Morgan fingerprint density at radius 2 is 2.00 bits per heavy atom. The molecular formula is C13H25ClN2O3. The molecule has 2 rings (SSSR count). The third kappa shape index (κ3) is 3.40. The second-order valence-corrected chi connectivity index (χ2v) is 5.37. The molecule has 0 aromatic carbocycles. The second-order valence-electron chi connectivity index (χ2n) is 5.37. The van der Waals surface area contributed by atoms with E-state index in [2.05, 4.69) is 5.32 Å². The minimum absolute atomic E-state index is 0. The van der Waals surface area contributed by atoms with Crippen LogP contribution in [-0.4, -0.2) is 64.4 Å². The predicted octanol–water partition coefficient (Wildman–Crippen LogP) is 0.529. The maximum absolute atomic E-state index is 12.4. The van der Waals surface area contributed by atoms with E-state index in [0.717, 1.165) is 32.5 Å². The molecule has 2 heterocycles. The summed E-state index contributed by atoms with van der Waals surface area (Å²) in [6.45, 7) is 4.73. The van der Waals surface area contributed by atoms with E-state index >= 15 is 0 Å². The van der Waals surface area contributed by atoms with Crippen LogP contribution >= 0.6 is 12.4 Å². The fourth-order valence-corrected chi connectivity index (χ4v) is 3.29. The molecular weight excluding hydrogens is 268 g/mol. The van der Waals surface area contributed by atoms with Crippen LogP contribution in [0.15, 0.2) is 0 Å². The lowest BCUT2D eigenvalue weighted by Gasteiger charge is -2.37. The summed E-state index contributed by atoms with van der Waals surface area (Å²) in [5.41, 5.74) is 0.117. The van der Waals surface area contributed by atoms with Crippen molar-refractivity contribution < 1.29 is 14.3 Å². The standard InChI is InChI=1S/C13H24N2O3.ClH/c1-17-8-7-15-10-13(3-5-14-6-4-13)11(9-18-2)12(15)16;/h11,14H,3-10H2,1-2H3;1H. The van der Waals surface area contributed by atoms with Crippen LogP contribution in [0.25, 0.3) is 0 Å². The zero-order valence-corrected chi connectivity index (χ0v) is 12.6. The Labute approximate surface area is 121 Å². The van der Waals surface area contributed by atoms with Crippen LogP contribution in [0.3, 0.4) is 0 Å². The minimum atomic E-state index is 0. The Balaban J connectivity index is 0.00000180. The zero-order valence-electron chi connectivity index (χ0n) is 11.8. The van der Waals surface area contributed by atoms with Gasteiger partial charge in [-0.1, -0.05) is 0 Å². The molecule has 0 radical (unpaired) electrons. The topological polar surface area (TPSA) is 50.8 Å². The Bertz CT molecular complexity index is 296. The zero-order chi connectivity index (χ0) is 13.0. The fraction of sp³-hybridized carbons (Fsp3) is 0.923. The van der Waals surface area contributed by atoms with Gasteiger partial charge >= 0.3 is 0 Å². The van der Waals surface area contributed by atoms with E-state index < -0.39 is 0 Å². The van der Waals surface area contributed by atoms with E-state index in [9.17, 15) is 4.79 Å². The van der Waals surface area contributed by atoms with Gasteiger partial charge in [0.05, 0.1) is 19.1 Å². The first-order valence-electron chi connectivity index (χ1n) is 6.71. The van der Waals surface area contributed by atoms with Gasteiger partial charge in [0.15, 0.2) is 0 Å². The molecule has 112 valence electrons. The number of ether oxygens (including phenoxy) is 2. The Morgan fingerprint density at radius 3 is 2.58 bits per heavy atom. The Hall–Kier alpha value is -0.360. The van der Waals surface area contributed by atoms with Gasteiger partial charge in [-0.3, -0.25) is 4.79 Å². The molecule has 5 nitrogen and oxygen atoms in total. The number of nitrogens with zero attached hydrogens (tertiary/aromatic N) is 1. The average Bonchev–Trinajstić information content (AvgIpc) is 2.63. The van der Waals surface area contributed by atoms with E-state index in [0.29, 0.717) is 19.8 Å². The first-order chi connectivity index (χ1) is 8.73. The maximum atomic E-state index is 12.4. The van der Waals surface area contributed by atoms with Gasteiger partial charge in [-0.05, 0) is 25.9 Å². The number of rotatable bonds is 5. The Kier molecular flexibility index (Phi) is 6.53. The lowest BCUT2D eigenvalue weighted by Crippen LogP contribution is -2.43. The van der Waals surface area contributed by atoms with E-state index in [4.69, 9.17) is 9.47 Å². The minimum Gasteiger partial charge on any atom is -0.384 e. The van der Waals surface area contributed by atoms with E-state index in [-0.39, 0.29) is 29.6 Å². The quantitative estimate of drug-likeness (QED) is 0.803. The number of carbonyl (C=O) groups is 1.